The zero-order valence-corrected chi connectivity index (χ0v) is 13.9. The molecule has 0 fully saturated rings. The Kier molecular flexibility index (Phi) is 5.88. The van der Waals surface area contributed by atoms with E-state index in [1.807, 2.05) is 16.4 Å². The number of aryl methyl sites for hydroxylation is 1. The zero-order chi connectivity index (χ0) is 15.2. The summed E-state index contributed by atoms with van der Waals surface area (Å²) in [7, 11) is 0. The van der Waals surface area contributed by atoms with Crippen LogP contribution in [0, 0.1) is 6.92 Å². The molecule has 0 aliphatic carbocycles. The molecule has 0 amide bonds. The molecule has 21 heavy (non-hydrogen) atoms. The molecule has 2 rings (SSSR count). The summed E-state index contributed by atoms with van der Waals surface area (Å²) in [5.74, 6) is 0.918. The highest BCUT2D eigenvalue weighted by Crippen LogP contribution is 2.22. The third kappa shape index (κ3) is 4.61. The molecule has 3 nitrogen and oxygen atoms in total. The van der Waals surface area contributed by atoms with Gasteiger partial charge in [0.1, 0.15) is 0 Å². The maximum Gasteiger partial charge on any atom is 0.0640 e. The molecule has 0 saturated carbocycles. The number of nitrogens with two attached hydrogens (primary N) is 1. The Bertz CT molecular complexity index is 565. The van der Waals surface area contributed by atoms with Gasteiger partial charge in [0.05, 0.1) is 5.69 Å². The van der Waals surface area contributed by atoms with Crippen LogP contribution < -0.4 is 5.73 Å². The van der Waals surface area contributed by atoms with Gasteiger partial charge in [-0.1, -0.05) is 25.1 Å². The van der Waals surface area contributed by atoms with Crippen molar-refractivity contribution in [3.8, 4) is 0 Å². The molecule has 114 valence electrons. The van der Waals surface area contributed by atoms with E-state index >= 15 is 0 Å². The molecule has 4 heteroatoms. The average molecular weight is 303 g/mol. The van der Waals surface area contributed by atoms with Gasteiger partial charge in [0.2, 0.25) is 0 Å². The predicted molar refractivity (Wildman–Crippen MR) is 90.8 cm³/mol. The van der Waals surface area contributed by atoms with E-state index in [0.29, 0.717) is 6.04 Å². The van der Waals surface area contributed by atoms with E-state index < -0.39 is 0 Å². The third-order valence-electron chi connectivity index (χ3n) is 3.72. The Morgan fingerprint density at radius 2 is 2.05 bits per heavy atom. The normalized spacial score (nSPS) is 14.1. The van der Waals surface area contributed by atoms with Crippen molar-refractivity contribution in [1.82, 2.24) is 9.78 Å². The van der Waals surface area contributed by atoms with Gasteiger partial charge in [0.15, 0.2) is 0 Å². The molecule has 1 heterocycles. The van der Waals surface area contributed by atoms with E-state index in [2.05, 4.69) is 62.4 Å². The first-order chi connectivity index (χ1) is 10.1. The smallest absolute Gasteiger partial charge is 0.0640 e. The van der Waals surface area contributed by atoms with Crippen molar-refractivity contribution in [2.45, 2.75) is 50.6 Å². The van der Waals surface area contributed by atoms with E-state index in [1.54, 1.807) is 0 Å². The fourth-order valence-corrected chi connectivity index (χ4v) is 3.14. The minimum atomic E-state index is 0.134. The number of thioether (sulfide) groups is 1. The number of hydrogen-bond acceptors (Lipinski definition) is 3. The van der Waals surface area contributed by atoms with E-state index in [0.717, 1.165) is 24.3 Å². The number of hydrogen-bond donors (Lipinski definition) is 1. The maximum absolute atomic E-state index is 6.25. The van der Waals surface area contributed by atoms with Gasteiger partial charge in [0, 0.05) is 35.3 Å². The number of benzene rings is 1. The van der Waals surface area contributed by atoms with Crippen molar-refractivity contribution in [2.75, 3.05) is 5.75 Å². The van der Waals surface area contributed by atoms with Crippen molar-refractivity contribution in [3.63, 3.8) is 0 Å². The molecule has 0 aliphatic heterocycles. The first kappa shape index (κ1) is 16.1. The Labute approximate surface area is 131 Å². The molecule has 0 saturated heterocycles. The van der Waals surface area contributed by atoms with Crippen LogP contribution in [0.5, 0.6) is 0 Å². The third-order valence-corrected chi connectivity index (χ3v) is 5.09. The monoisotopic (exact) mass is 303 g/mol. The molecule has 2 aromatic rings. The van der Waals surface area contributed by atoms with Gasteiger partial charge in [-0.3, -0.25) is 4.68 Å². The summed E-state index contributed by atoms with van der Waals surface area (Å²) in [5.41, 5.74) is 8.66. The van der Waals surface area contributed by atoms with Gasteiger partial charge in [-0.25, -0.2) is 0 Å². The molecule has 1 aromatic heterocycles. The van der Waals surface area contributed by atoms with E-state index in [9.17, 15) is 0 Å². The summed E-state index contributed by atoms with van der Waals surface area (Å²) in [5, 5.41) is 4.62. The lowest BCUT2D eigenvalue weighted by atomic mass is 10.2. The molecule has 2 N–H and O–H groups in total. The van der Waals surface area contributed by atoms with Crippen molar-refractivity contribution in [3.05, 3.63) is 47.8 Å². The average Bonchev–Trinajstić information content (AvgIpc) is 2.94. The van der Waals surface area contributed by atoms with Crippen molar-refractivity contribution < 1.29 is 0 Å². The van der Waals surface area contributed by atoms with Gasteiger partial charge in [-0.05, 0) is 38.0 Å². The summed E-state index contributed by atoms with van der Waals surface area (Å²) in [4.78, 5) is 1.32. The Morgan fingerprint density at radius 3 is 2.76 bits per heavy atom. The lowest BCUT2D eigenvalue weighted by Gasteiger charge is -2.11. The Balaban J connectivity index is 1.86. The molecule has 0 spiro atoms. The lowest BCUT2D eigenvalue weighted by molar-refractivity contribution is 0.472. The second kappa shape index (κ2) is 7.66. The van der Waals surface area contributed by atoms with E-state index in [1.165, 1.54) is 10.5 Å². The van der Waals surface area contributed by atoms with Crippen molar-refractivity contribution in [1.29, 1.82) is 0 Å². The van der Waals surface area contributed by atoms with Crippen LogP contribution in [0.1, 0.15) is 37.6 Å². The zero-order valence-electron chi connectivity index (χ0n) is 13.1. The van der Waals surface area contributed by atoms with Crippen molar-refractivity contribution >= 4 is 11.8 Å². The van der Waals surface area contributed by atoms with Crippen LogP contribution in [0.3, 0.4) is 0 Å². The van der Waals surface area contributed by atoms with Crippen LogP contribution in [-0.4, -0.2) is 21.6 Å². The first-order valence-electron chi connectivity index (χ1n) is 7.58. The van der Waals surface area contributed by atoms with Crippen LogP contribution in [0.2, 0.25) is 0 Å². The fourth-order valence-electron chi connectivity index (χ4n) is 2.16. The summed E-state index contributed by atoms with van der Waals surface area (Å²) in [6.45, 7) is 6.50. The van der Waals surface area contributed by atoms with Crippen molar-refractivity contribution in [2.24, 2.45) is 5.73 Å². The van der Waals surface area contributed by atoms with Gasteiger partial charge in [-0.15, -0.1) is 11.8 Å². The van der Waals surface area contributed by atoms with Crippen LogP contribution in [-0.2, 0) is 6.42 Å². The number of rotatable bonds is 7. The molecule has 0 radical (unpaired) electrons. The standard InChI is InChI=1S/C17H25N3S/c1-4-14(3)20-10-9-16(19-20)11-15(18)12-21-17-8-6-5-7-13(17)2/h5-10,14-15H,4,11-12,18H2,1-3H3. The first-order valence-corrected chi connectivity index (χ1v) is 8.56. The minimum Gasteiger partial charge on any atom is -0.327 e. The van der Waals surface area contributed by atoms with Crippen LogP contribution >= 0.6 is 11.8 Å². The molecule has 2 unspecified atom stereocenters. The summed E-state index contributed by atoms with van der Waals surface area (Å²) in [6, 6.07) is 11.1. The Hall–Kier alpha value is -1.26. The molecule has 2 atom stereocenters. The van der Waals surface area contributed by atoms with E-state index in [4.69, 9.17) is 5.73 Å². The number of nitrogens with zero attached hydrogens (tertiary/aromatic N) is 2. The molecule has 0 bridgehead atoms. The van der Waals surface area contributed by atoms with Crippen LogP contribution in [0.25, 0.3) is 0 Å². The number of aromatic nitrogens is 2. The van der Waals surface area contributed by atoms with Crippen LogP contribution in [0.15, 0.2) is 41.4 Å². The maximum atomic E-state index is 6.25. The predicted octanol–water partition coefficient (Wildman–Crippen LogP) is 3.82. The summed E-state index contributed by atoms with van der Waals surface area (Å²) >= 11 is 1.83. The quantitative estimate of drug-likeness (QED) is 0.791. The Morgan fingerprint density at radius 1 is 1.29 bits per heavy atom. The summed E-state index contributed by atoms with van der Waals surface area (Å²) < 4.78 is 2.04. The SMILES string of the molecule is CCC(C)n1ccc(CC(N)CSc2ccccc2C)n1. The molecule has 1 aromatic carbocycles. The highest BCUT2D eigenvalue weighted by atomic mass is 32.2. The topological polar surface area (TPSA) is 43.8 Å². The lowest BCUT2D eigenvalue weighted by Crippen LogP contribution is -2.26. The molecular weight excluding hydrogens is 278 g/mol. The molecule has 0 aliphatic rings. The molecular formula is C17H25N3S. The second-order valence-electron chi connectivity index (χ2n) is 5.59. The highest BCUT2D eigenvalue weighted by molar-refractivity contribution is 7.99. The fraction of sp³-hybridized carbons (Fsp3) is 0.471. The van der Waals surface area contributed by atoms with Gasteiger partial charge < -0.3 is 5.73 Å². The minimum absolute atomic E-state index is 0.134. The van der Waals surface area contributed by atoms with E-state index in [-0.39, 0.29) is 6.04 Å². The van der Waals surface area contributed by atoms with Crippen LogP contribution in [0.4, 0.5) is 0 Å². The van der Waals surface area contributed by atoms with Gasteiger partial charge >= 0.3 is 0 Å². The summed E-state index contributed by atoms with van der Waals surface area (Å²) in [6.07, 6.45) is 3.99. The second-order valence-corrected chi connectivity index (χ2v) is 6.65. The highest BCUT2D eigenvalue weighted by Gasteiger charge is 2.10. The van der Waals surface area contributed by atoms with Gasteiger partial charge in [-0.2, -0.15) is 5.10 Å². The largest absolute Gasteiger partial charge is 0.327 e. The van der Waals surface area contributed by atoms with Gasteiger partial charge in [0.25, 0.3) is 0 Å².